The first kappa shape index (κ1) is 16.5. The van der Waals surface area contributed by atoms with E-state index < -0.39 is 0 Å². The van der Waals surface area contributed by atoms with Crippen molar-refractivity contribution in [3.05, 3.63) is 69.3 Å². The van der Waals surface area contributed by atoms with Crippen molar-refractivity contribution in [1.82, 2.24) is 19.8 Å². The highest BCUT2D eigenvalue weighted by molar-refractivity contribution is 6.30. The van der Waals surface area contributed by atoms with Gasteiger partial charge in [0, 0.05) is 29.7 Å². The van der Waals surface area contributed by atoms with Crippen LogP contribution in [0, 0.1) is 6.92 Å². The van der Waals surface area contributed by atoms with Crippen LogP contribution >= 0.6 is 11.6 Å². The molecule has 1 amide bonds. The molecule has 1 aliphatic heterocycles. The molecule has 132 valence electrons. The van der Waals surface area contributed by atoms with Gasteiger partial charge in [-0.15, -0.1) is 0 Å². The summed E-state index contributed by atoms with van der Waals surface area (Å²) >= 11 is 5.91. The summed E-state index contributed by atoms with van der Waals surface area (Å²) in [6.07, 6.45) is 1.41. The number of aromatic nitrogens is 3. The summed E-state index contributed by atoms with van der Waals surface area (Å²) in [5.74, 6) is 0.334. The molecule has 26 heavy (non-hydrogen) atoms. The van der Waals surface area contributed by atoms with Gasteiger partial charge in [-0.2, -0.15) is 5.10 Å². The Bertz CT molecular complexity index is 1020. The topological polar surface area (TPSA) is 81.2 Å². The summed E-state index contributed by atoms with van der Waals surface area (Å²) < 4.78 is 6.37. The second-order valence-electron chi connectivity index (χ2n) is 6.17. The van der Waals surface area contributed by atoms with Gasteiger partial charge in [-0.05, 0) is 25.1 Å². The van der Waals surface area contributed by atoms with Gasteiger partial charge in [0.15, 0.2) is 0 Å². The van der Waals surface area contributed by atoms with Crippen LogP contribution in [0.25, 0.3) is 11.3 Å². The van der Waals surface area contributed by atoms with E-state index in [0.29, 0.717) is 35.1 Å². The van der Waals surface area contributed by atoms with Crippen LogP contribution < -0.4 is 5.56 Å². The highest BCUT2D eigenvalue weighted by atomic mass is 35.5. The molecule has 0 bridgehead atoms. The van der Waals surface area contributed by atoms with Gasteiger partial charge in [0.05, 0.1) is 17.9 Å². The fourth-order valence-corrected chi connectivity index (χ4v) is 3.04. The number of benzene rings is 1. The number of nitrogens with zero attached hydrogens (tertiary/aromatic N) is 4. The summed E-state index contributed by atoms with van der Waals surface area (Å²) in [5, 5.41) is 8.73. The number of carbonyl (C=O) groups excluding carboxylic acids is 1. The number of likely N-dealkylation sites (tertiary alicyclic amines) is 1. The number of aryl methyl sites for hydroxylation is 1. The fraction of sp³-hybridized carbons (Fsp3) is 0.222. The average molecular weight is 371 g/mol. The minimum Gasteiger partial charge on any atom is -0.361 e. The molecule has 0 aliphatic carbocycles. The molecule has 2 aromatic heterocycles. The molecule has 0 N–H and O–H groups in total. The first-order valence-corrected chi connectivity index (χ1v) is 8.47. The first-order valence-electron chi connectivity index (χ1n) is 8.09. The van der Waals surface area contributed by atoms with Crippen molar-refractivity contribution >= 4 is 17.5 Å². The third-order valence-corrected chi connectivity index (χ3v) is 4.69. The van der Waals surface area contributed by atoms with Gasteiger partial charge in [-0.3, -0.25) is 9.59 Å². The molecule has 4 rings (SSSR count). The van der Waals surface area contributed by atoms with E-state index in [1.54, 1.807) is 30.0 Å². The van der Waals surface area contributed by atoms with E-state index in [4.69, 9.17) is 16.1 Å². The maximum absolute atomic E-state index is 12.4. The molecule has 1 saturated heterocycles. The van der Waals surface area contributed by atoms with Crippen molar-refractivity contribution in [2.45, 2.75) is 13.0 Å². The molecular weight excluding hydrogens is 356 g/mol. The van der Waals surface area contributed by atoms with Gasteiger partial charge >= 0.3 is 0 Å². The van der Waals surface area contributed by atoms with Crippen LogP contribution in [0.3, 0.4) is 0 Å². The van der Waals surface area contributed by atoms with Crippen molar-refractivity contribution in [3.63, 3.8) is 0 Å². The summed E-state index contributed by atoms with van der Waals surface area (Å²) in [4.78, 5) is 26.2. The van der Waals surface area contributed by atoms with Crippen molar-refractivity contribution in [3.8, 4) is 11.3 Å². The molecule has 1 aromatic carbocycles. The second-order valence-corrected chi connectivity index (χ2v) is 6.60. The Kier molecular flexibility index (Phi) is 4.08. The van der Waals surface area contributed by atoms with E-state index in [0.717, 1.165) is 5.56 Å². The zero-order valence-electron chi connectivity index (χ0n) is 13.9. The van der Waals surface area contributed by atoms with Gasteiger partial charge < -0.3 is 9.42 Å². The Morgan fingerprint density at radius 2 is 1.92 bits per heavy atom. The Morgan fingerprint density at radius 1 is 1.19 bits per heavy atom. The van der Waals surface area contributed by atoms with Gasteiger partial charge in [-0.25, -0.2) is 4.68 Å². The molecule has 0 atom stereocenters. The number of carbonyl (C=O) groups is 1. The third kappa shape index (κ3) is 2.90. The molecule has 0 unspecified atom stereocenters. The first-order chi connectivity index (χ1) is 12.5. The Morgan fingerprint density at radius 3 is 2.58 bits per heavy atom. The summed E-state index contributed by atoms with van der Waals surface area (Å²) in [6, 6.07) is 10.3. The van der Waals surface area contributed by atoms with Crippen LogP contribution in [-0.4, -0.2) is 38.8 Å². The largest absolute Gasteiger partial charge is 0.361 e. The molecule has 1 aliphatic rings. The van der Waals surface area contributed by atoms with Gasteiger partial charge in [0.25, 0.3) is 11.5 Å². The van der Waals surface area contributed by atoms with Crippen LogP contribution in [0.2, 0.25) is 5.02 Å². The molecular formula is C18H15ClN4O3. The smallest absolute Gasteiger partial charge is 0.267 e. The van der Waals surface area contributed by atoms with Crippen LogP contribution in [0.1, 0.15) is 22.2 Å². The van der Waals surface area contributed by atoms with Crippen molar-refractivity contribution in [1.29, 1.82) is 0 Å². The maximum atomic E-state index is 12.4. The molecule has 0 radical (unpaired) electrons. The molecule has 3 heterocycles. The van der Waals surface area contributed by atoms with E-state index >= 15 is 0 Å². The minimum absolute atomic E-state index is 0.151. The zero-order chi connectivity index (χ0) is 18.3. The Balaban J connectivity index is 1.53. The Hall–Kier alpha value is -2.93. The second kappa shape index (κ2) is 6.42. The van der Waals surface area contributed by atoms with Crippen LogP contribution in [0.5, 0.6) is 0 Å². The summed E-state index contributed by atoms with van der Waals surface area (Å²) in [6.45, 7) is 2.53. The molecule has 8 heteroatoms. The van der Waals surface area contributed by atoms with Crippen LogP contribution in [0.15, 0.2) is 51.9 Å². The van der Waals surface area contributed by atoms with E-state index in [9.17, 15) is 9.59 Å². The highest BCUT2D eigenvalue weighted by Gasteiger charge is 2.35. The molecule has 0 spiro atoms. The number of amides is 1. The fourth-order valence-electron chi connectivity index (χ4n) is 2.91. The van der Waals surface area contributed by atoms with E-state index in [2.05, 4.69) is 10.3 Å². The van der Waals surface area contributed by atoms with Gasteiger partial charge in [0.2, 0.25) is 0 Å². The van der Waals surface area contributed by atoms with E-state index in [-0.39, 0.29) is 17.5 Å². The summed E-state index contributed by atoms with van der Waals surface area (Å²) in [5.41, 5.74) is 1.80. The minimum atomic E-state index is -0.194. The third-order valence-electron chi connectivity index (χ3n) is 4.44. The lowest BCUT2D eigenvalue weighted by molar-refractivity contribution is 0.0491. The molecule has 1 fully saturated rings. The van der Waals surface area contributed by atoms with Crippen molar-refractivity contribution in [2.24, 2.45) is 0 Å². The maximum Gasteiger partial charge on any atom is 0.267 e. The number of hydrogen-bond acceptors (Lipinski definition) is 5. The highest BCUT2D eigenvalue weighted by Crippen LogP contribution is 2.24. The lowest BCUT2D eigenvalue weighted by Gasteiger charge is -2.39. The van der Waals surface area contributed by atoms with E-state index in [1.165, 1.54) is 16.9 Å². The standard InChI is InChI=1S/C18H15ClN4O3/c1-11-15(8-20-26-11)18(25)22-9-14(10-22)23-17(24)7-6-16(21-23)12-2-4-13(19)5-3-12/h2-8,14H,9-10H2,1H3. The van der Waals surface area contributed by atoms with Gasteiger partial charge in [0.1, 0.15) is 11.3 Å². The predicted octanol–water partition coefficient (Wildman–Crippen LogP) is 2.56. The lowest BCUT2D eigenvalue weighted by atomic mass is 10.1. The Labute approximate surface area is 153 Å². The number of rotatable bonds is 3. The number of halogens is 1. The normalized spacial score (nSPS) is 14.3. The zero-order valence-corrected chi connectivity index (χ0v) is 14.7. The quantitative estimate of drug-likeness (QED) is 0.707. The molecule has 3 aromatic rings. The van der Waals surface area contributed by atoms with Crippen LogP contribution in [0.4, 0.5) is 0 Å². The molecule has 7 nitrogen and oxygen atoms in total. The van der Waals surface area contributed by atoms with Crippen molar-refractivity contribution < 1.29 is 9.32 Å². The predicted molar refractivity (Wildman–Crippen MR) is 95.1 cm³/mol. The molecule has 0 saturated carbocycles. The van der Waals surface area contributed by atoms with Gasteiger partial charge in [-0.1, -0.05) is 28.9 Å². The monoisotopic (exact) mass is 370 g/mol. The van der Waals surface area contributed by atoms with E-state index in [1.807, 2.05) is 12.1 Å². The van der Waals surface area contributed by atoms with Crippen molar-refractivity contribution in [2.75, 3.05) is 13.1 Å². The lowest BCUT2D eigenvalue weighted by Crippen LogP contribution is -2.53. The SMILES string of the molecule is Cc1oncc1C(=O)N1CC(n2nc(-c3ccc(Cl)cc3)ccc2=O)C1. The number of hydrogen-bond donors (Lipinski definition) is 0. The van der Waals surface area contributed by atoms with Crippen LogP contribution in [-0.2, 0) is 0 Å². The summed E-state index contributed by atoms with van der Waals surface area (Å²) in [7, 11) is 0. The average Bonchev–Trinajstić information content (AvgIpc) is 3.02.